The summed E-state index contributed by atoms with van der Waals surface area (Å²) in [6, 6.07) is 0. The number of carboxylic acids is 1. The van der Waals surface area contributed by atoms with E-state index >= 15 is 0 Å². The van der Waals surface area contributed by atoms with Crippen LogP contribution in [0.25, 0.3) is 0 Å². The van der Waals surface area contributed by atoms with Gasteiger partial charge >= 0.3 is 5.97 Å². The number of rotatable bonds is 1. The third-order valence-electron chi connectivity index (χ3n) is 0.302. The van der Waals surface area contributed by atoms with Crippen LogP contribution in [-0.4, -0.2) is 80.5 Å². The molecule has 14 heteroatoms. The average Bonchev–Trinajstić information content (AvgIpc) is 2.44. The van der Waals surface area contributed by atoms with Crippen LogP contribution in [0, 0.1) is 0 Å². The van der Waals surface area contributed by atoms with Crippen LogP contribution in [0.3, 0.4) is 0 Å². The van der Waals surface area contributed by atoms with Crippen LogP contribution in [0.4, 0.5) is 0 Å². The molecule has 0 aromatic rings. The Bertz CT molecular complexity index is 192. The molecule has 0 radical (unpaired) electrons. The van der Waals surface area contributed by atoms with E-state index < -0.39 is 5.97 Å². The van der Waals surface area contributed by atoms with Gasteiger partial charge in [-0.05, 0) is 0 Å². The Balaban J connectivity index is -0.0000000263. The zero-order valence-electron chi connectivity index (χ0n) is 11.7. The predicted octanol–water partition coefficient (Wildman–Crippen LogP) is -1.31. The molecule has 0 fully saturated rings. The van der Waals surface area contributed by atoms with Crippen LogP contribution >= 0.6 is 0 Å². The second kappa shape index (κ2) is 138. The first-order valence-corrected chi connectivity index (χ1v) is 4.45. The van der Waals surface area contributed by atoms with E-state index in [9.17, 15) is 4.79 Å². The van der Waals surface area contributed by atoms with Gasteiger partial charge in [-0.2, -0.15) is 0 Å². The lowest BCUT2D eigenvalue weighted by atomic mass is 10.5. The topological polar surface area (TPSA) is 261 Å². The van der Waals surface area contributed by atoms with Gasteiger partial charge in [-0.25, -0.2) is 0 Å². The van der Waals surface area contributed by atoms with E-state index in [0.717, 1.165) is 0 Å². The molecule has 0 atom stereocenters. The summed E-state index contributed by atoms with van der Waals surface area (Å²) in [5, 5.41) is 49.1. The van der Waals surface area contributed by atoms with E-state index in [1.165, 1.54) is 0 Å². The average molecular weight is 350 g/mol. The molecule has 0 bridgehead atoms. The SMILES string of the molecule is CCC(=O)O.O=CO.O=CO.O=CO.O=CO.O=CO.O=CO. The first-order chi connectivity index (χ1) is 10.8. The highest BCUT2D eigenvalue weighted by Gasteiger charge is 1.80. The van der Waals surface area contributed by atoms with E-state index in [-0.39, 0.29) is 45.3 Å². The quantitative estimate of drug-likeness (QED) is 0.270. The van der Waals surface area contributed by atoms with E-state index in [4.69, 9.17) is 64.5 Å². The molecule has 23 heavy (non-hydrogen) atoms. The Morgan fingerprint density at radius 2 is 0.652 bits per heavy atom. The molecule has 0 aliphatic carbocycles. The van der Waals surface area contributed by atoms with Gasteiger partial charge in [-0.15, -0.1) is 0 Å². The number of carboxylic acid groups (broad SMARTS) is 7. The number of aliphatic carboxylic acids is 1. The predicted molar refractivity (Wildman–Crippen MR) is 70.1 cm³/mol. The van der Waals surface area contributed by atoms with Crippen LogP contribution in [-0.2, 0) is 33.6 Å². The lowest BCUT2D eigenvalue weighted by Crippen LogP contribution is -1.86. The third kappa shape index (κ3) is 1660. The van der Waals surface area contributed by atoms with Gasteiger partial charge in [0.25, 0.3) is 38.8 Å². The molecule has 0 saturated carbocycles. The van der Waals surface area contributed by atoms with E-state index in [1.54, 1.807) is 6.92 Å². The van der Waals surface area contributed by atoms with Gasteiger partial charge in [0, 0.05) is 6.42 Å². The van der Waals surface area contributed by atoms with Crippen molar-refractivity contribution in [2.24, 2.45) is 0 Å². The molecule has 0 heterocycles. The maximum absolute atomic E-state index is 9.37. The molecule has 138 valence electrons. The minimum Gasteiger partial charge on any atom is -0.483 e. The summed E-state index contributed by atoms with van der Waals surface area (Å²) in [4.78, 5) is 59.5. The Hall–Kier alpha value is -3.71. The minimum atomic E-state index is -0.745. The molecule has 0 aliphatic heterocycles. The highest BCUT2D eigenvalue weighted by molar-refractivity contribution is 5.66. The highest BCUT2D eigenvalue weighted by atomic mass is 16.4. The van der Waals surface area contributed by atoms with Crippen LogP contribution in [0.5, 0.6) is 0 Å². The standard InChI is InChI=1S/C3H6O2.6CH2O2/c1-2-3(4)5;6*2-1-3/h2H2,1H3,(H,4,5);6*1H,(H,2,3). The van der Waals surface area contributed by atoms with Gasteiger partial charge in [0.15, 0.2) is 0 Å². The molecular weight excluding hydrogens is 332 g/mol. The summed E-state index contributed by atoms with van der Waals surface area (Å²) in [6.07, 6.45) is 0.222. The van der Waals surface area contributed by atoms with Crippen LogP contribution in [0.1, 0.15) is 13.3 Å². The highest BCUT2D eigenvalue weighted by Crippen LogP contribution is 1.67. The van der Waals surface area contributed by atoms with Crippen molar-refractivity contribution >= 4 is 44.8 Å². The third-order valence-corrected chi connectivity index (χ3v) is 0.302. The first kappa shape index (κ1) is 42.7. The fourth-order valence-corrected chi connectivity index (χ4v) is 0. The van der Waals surface area contributed by atoms with Gasteiger partial charge in [0.05, 0.1) is 0 Å². The minimum absolute atomic E-state index is 0.222. The zero-order valence-corrected chi connectivity index (χ0v) is 11.7. The normalized spacial score (nSPS) is 4.74. The monoisotopic (exact) mass is 350 g/mol. The van der Waals surface area contributed by atoms with E-state index in [0.29, 0.717) is 0 Å². The molecule has 0 rings (SSSR count). The summed E-state index contributed by atoms with van der Waals surface area (Å²) in [7, 11) is 0. The van der Waals surface area contributed by atoms with Crippen molar-refractivity contribution in [1.29, 1.82) is 0 Å². The van der Waals surface area contributed by atoms with Crippen molar-refractivity contribution < 1.29 is 69.3 Å². The summed E-state index contributed by atoms with van der Waals surface area (Å²) >= 11 is 0. The Kier molecular flexibility index (Phi) is 257. The van der Waals surface area contributed by atoms with Gasteiger partial charge in [0.1, 0.15) is 0 Å². The van der Waals surface area contributed by atoms with E-state index in [2.05, 4.69) is 0 Å². The van der Waals surface area contributed by atoms with Gasteiger partial charge < -0.3 is 35.7 Å². The van der Waals surface area contributed by atoms with Crippen molar-refractivity contribution in [3.05, 3.63) is 0 Å². The van der Waals surface area contributed by atoms with Crippen molar-refractivity contribution in [3.8, 4) is 0 Å². The van der Waals surface area contributed by atoms with Crippen molar-refractivity contribution in [2.75, 3.05) is 0 Å². The number of carbonyl (C=O) groups is 7. The van der Waals surface area contributed by atoms with Crippen LogP contribution in [0.15, 0.2) is 0 Å². The molecule has 0 aliphatic rings. The van der Waals surface area contributed by atoms with E-state index in [1.807, 2.05) is 0 Å². The fraction of sp³-hybridized carbons (Fsp3) is 0.222. The molecule has 7 N–H and O–H groups in total. The lowest BCUT2D eigenvalue weighted by Gasteiger charge is -1.71. The molecule has 0 unspecified atom stereocenters. The molecule has 0 aromatic heterocycles. The second-order valence-electron chi connectivity index (χ2n) is 1.38. The maximum atomic E-state index is 9.37. The van der Waals surface area contributed by atoms with Gasteiger partial charge in [-0.1, -0.05) is 6.92 Å². The molecule has 0 saturated heterocycles. The maximum Gasteiger partial charge on any atom is 0.303 e. The van der Waals surface area contributed by atoms with Crippen molar-refractivity contribution in [3.63, 3.8) is 0 Å². The molecule has 14 nitrogen and oxygen atoms in total. The van der Waals surface area contributed by atoms with Crippen molar-refractivity contribution in [2.45, 2.75) is 13.3 Å². The summed E-state index contributed by atoms with van der Waals surface area (Å²) in [6.45, 7) is 0.0995. The molecular formula is C9H18O14. The Labute approximate surface area is 128 Å². The smallest absolute Gasteiger partial charge is 0.303 e. The molecule has 0 aromatic carbocycles. The van der Waals surface area contributed by atoms with Crippen molar-refractivity contribution in [1.82, 2.24) is 0 Å². The molecule has 0 amide bonds. The number of hydrogen-bond acceptors (Lipinski definition) is 7. The number of hydrogen-bond donors (Lipinski definition) is 7. The largest absolute Gasteiger partial charge is 0.483 e. The Morgan fingerprint density at radius 1 is 0.609 bits per heavy atom. The van der Waals surface area contributed by atoms with Gasteiger partial charge in [-0.3, -0.25) is 33.6 Å². The Morgan fingerprint density at radius 3 is 0.652 bits per heavy atom. The van der Waals surface area contributed by atoms with Gasteiger partial charge in [0.2, 0.25) is 0 Å². The summed E-state index contributed by atoms with van der Waals surface area (Å²) < 4.78 is 0. The second-order valence-corrected chi connectivity index (χ2v) is 1.38. The fourth-order valence-electron chi connectivity index (χ4n) is 0. The summed E-state index contributed by atoms with van der Waals surface area (Å²) in [5.41, 5.74) is 0. The summed E-state index contributed by atoms with van der Waals surface area (Å²) in [5.74, 6) is -0.745. The lowest BCUT2D eigenvalue weighted by molar-refractivity contribution is -0.136. The molecule has 0 spiro atoms. The zero-order chi connectivity index (χ0) is 20.5. The van der Waals surface area contributed by atoms with Crippen LogP contribution in [0.2, 0.25) is 0 Å². The van der Waals surface area contributed by atoms with Crippen LogP contribution < -0.4 is 0 Å². The first-order valence-electron chi connectivity index (χ1n) is 4.45.